The molecule has 3 fully saturated rings. The highest BCUT2D eigenvalue weighted by Gasteiger charge is 2.72. The van der Waals surface area contributed by atoms with Crippen LogP contribution in [0.5, 0.6) is 0 Å². The van der Waals surface area contributed by atoms with Gasteiger partial charge in [-0.15, -0.1) is 0 Å². The molecule has 2 saturated heterocycles. The fourth-order valence-electron chi connectivity index (χ4n) is 4.20. The van der Waals surface area contributed by atoms with Crippen LogP contribution < -0.4 is 0 Å². The van der Waals surface area contributed by atoms with Crippen LogP contribution in [0.2, 0.25) is 0 Å². The lowest BCUT2D eigenvalue weighted by Gasteiger charge is -2.66. The van der Waals surface area contributed by atoms with Gasteiger partial charge in [-0.05, 0) is 33.6 Å². The molecule has 4 aliphatic rings. The molecule has 2 bridgehead atoms. The topological polar surface area (TPSA) is 46.5 Å². The molecule has 100 valence electrons. The molecule has 0 radical (unpaired) electrons. The van der Waals surface area contributed by atoms with Crippen molar-refractivity contribution in [2.24, 2.45) is 11.3 Å². The Balaban J connectivity index is 2.06. The van der Waals surface area contributed by atoms with Gasteiger partial charge in [0.25, 0.3) is 0 Å². The third-order valence-electron chi connectivity index (χ3n) is 5.46. The van der Waals surface area contributed by atoms with E-state index in [0.717, 1.165) is 18.4 Å². The average molecular weight is 250 g/mol. The second-order valence-corrected chi connectivity index (χ2v) is 6.99. The summed E-state index contributed by atoms with van der Waals surface area (Å²) in [5, 5.41) is 10.3. The summed E-state index contributed by atoms with van der Waals surface area (Å²) < 4.78 is 5.93. The van der Waals surface area contributed by atoms with Crippen molar-refractivity contribution >= 4 is 5.78 Å². The van der Waals surface area contributed by atoms with Crippen LogP contribution in [0.4, 0.5) is 0 Å². The highest BCUT2D eigenvalue weighted by molar-refractivity contribution is 5.96. The van der Waals surface area contributed by atoms with Crippen LogP contribution in [-0.2, 0) is 9.53 Å². The number of allylic oxidation sites excluding steroid dienone is 2. The molecule has 0 aromatic carbocycles. The Morgan fingerprint density at radius 3 is 2.67 bits per heavy atom. The number of hydrogen-bond donors (Lipinski definition) is 1. The SMILES string of the molecule is CC1=CCC[C@@]2(C)[C@@H]1C(=O)[C@@]1(C(C)(C)O)C[C@@H]2O1. The molecule has 2 aliphatic heterocycles. The Morgan fingerprint density at radius 2 is 2.11 bits per heavy atom. The molecule has 2 aliphatic carbocycles. The van der Waals surface area contributed by atoms with Crippen molar-refractivity contribution in [3.05, 3.63) is 11.6 Å². The summed E-state index contributed by atoms with van der Waals surface area (Å²) in [6, 6.07) is 0. The van der Waals surface area contributed by atoms with E-state index in [4.69, 9.17) is 4.74 Å². The van der Waals surface area contributed by atoms with Crippen LogP contribution in [0.3, 0.4) is 0 Å². The molecule has 0 unspecified atom stereocenters. The fraction of sp³-hybridized carbons (Fsp3) is 0.800. The van der Waals surface area contributed by atoms with Crippen molar-refractivity contribution in [3.63, 3.8) is 0 Å². The number of aliphatic hydroxyl groups is 1. The van der Waals surface area contributed by atoms with Crippen molar-refractivity contribution in [3.8, 4) is 0 Å². The lowest BCUT2D eigenvalue weighted by molar-refractivity contribution is -0.318. The third-order valence-corrected chi connectivity index (χ3v) is 5.46. The minimum absolute atomic E-state index is 0.0647. The summed E-state index contributed by atoms with van der Waals surface area (Å²) >= 11 is 0. The van der Waals surface area contributed by atoms with E-state index in [1.807, 2.05) is 6.92 Å². The van der Waals surface area contributed by atoms with Crippen molar-refractivity contribution < 1.29 is 14.6 Å². The zero-order valence-electron chi connectivity index (χ0n) is 11.6. The van der Waals surface area contributed by atoms with E-state index in [2.05, 4.69) is 13.0 Å². The number of ketones is 1. The van der Waals surface area contributed by atoms with E-state index in [0.29, 0.717) is 6.42 Å². The highest BCUT2D eigenvalue weighted by atomic mass is 16.6. The summed E-state index contributed by atoms with van der Waals surface area (Å²) in [4.78, 5) is 12.9. The first-order valence-electron chi connectivity index (χ1n) is 6.83. The monoisotopic (exact) mass is 250 g/mol. The molecule has 2 heterocycles. The van der Waals surface area contributed by atoms with Gasteiger partial charge in [0.2, 0.25) is 0 Å². The Morgan fingerprint density at radius 1 is 1.50 bits per heavy atom. The quantitative estimate of drug-likeness (QED) is 0.726. The Bertz CT molecular complexity index is 437. The van der Waals surface area contributed by atoms with Crippen molar-refractivity contribution in [2.45, 2.75) is 64.3 Å². The van der Waals surface area contributed by atoms with Gasteiger partial charge in [0.1, 0.15) is 0 Å². The van der Waals surface area contributed by atoms with E-state index in [-0.39, 0.29) is 23.2 Å². The molecule has 3 heteroatoms. The smallest absolute Gasteiger partial charge is 0.175 e. The van der Waals surface area contributed by atoms with Gasteiger partial charge in [-0.2, -0.15) is 0 Å². The van der Waals surface area contributed by atoms with Gasteiger partial charge in [0.15, 0.2) is 11.4 Å². The van der Waals surface area contributed by atoms with E-state index in [9.17, 15) is 9.90 Å². The normalized spacial score (nSPS) is 47.2. The largest absolute Gasteiger partial charge is 0.387 e. The van der Waals surface area contributed by atoms with Gasteiger partial charge in [0, 0.05) is 17.8 Å². The second kappa shape index (κ2) is 3.26. The number of Topliss-reactive ketones (excluding diaryl/α,β-unsaturated/α-hetero) is 1. The number of ether oxygens (including phenoxy) is 1. The summed E-state index contributed by atoms with van der Waals surface area (Å²) in [5.74, 6) is 0.0265. The van der Waals surface area contributed by atoms with Crippen molar-refractivity contribution in [1.82, 2.24) is 0 Å². The first kappa shape index (κ1) is 12.4. The van der Waals surface area contributed by atoms with Crippen LogP contribution in [0, 0.1) is 11.3 Å². The summed E-state index contributed by atoms with van der Waals surface area (Å²) in [6.07, 6.45) is 5.01. The fourth-order valence-corrected chi connectivity index (χ4v) is 4.20. The van der Waals surface area contributed by atoms with Gasteiger partial charge in [-0.3, -0.25) is 4.79 Å². The third kappa shape index (κ3) is 1.19. The second-order valence-electron chi connectivity index (χ2n) is 6.99. The number of hydrogen-bond acceptors (Lipinski definition) is 3. The Kier molecular flexibility index (Phi) is 2.24. The molecule has 4 rings (SSSR count). The van der Waals surface area contributed by atoms with E-state index < -0.39 is 11.2 Å². The minimum Gasteiger partial charge on any atom is -0.387 e. The van der Waals surface area contributed by atoms with Crippen LogP contribution in [-0.4, -0.2) is 28.2 Å². The zero-order valence-corrected chi connectivity index (χ0v) is 11.6. The molecule has 0 aromatic rings. The van der Waals surface area contributed by atoms with Crippen molar-refractivity contribution in [1.29, 1.82) is 0 Å². The van der Waals surface area contributed by atoms with Crippen LogP contribution in [0.15, 0.2) is 11.6 Å². The predicted octanol–water partition coefficient (Wildman–Crippen LogP) is 2.23. The zero-order chi connectivity index (χ0) is 13.3. The minimum atomic E-state index is -1.10. The van der Waals surface area contributed by atoms with Crippen LogP contribution in [0.1, 0.15) is 47.0 Å². The van der Waals surface area contributed by atoms with E-state index in [1.54, 1.807) is 13.8 Å². The van der Waals surface area contributed by atoms with Crippen LogP contribution >= 0.6 is 0 Å². The summed E-state index contributed by atoms with van der Waals surface area (Å²) in [7, 11) is 0. The molecule has 0 aromatic heterocycles. The first-order chi connectivity index (χ1) is 8.22. The molecule has 3 nitrogen and oxygen atoms in total. The Labute approximate surface area is 108 Å². The van der Waals surface area contributed by atoms with Gasteiger partial charge >= 0.3 is 0 Å². The maximum absolute atomic E-state index is 12.9. The van der Waals surface area contributed by atoms with Gasteiger partial charge < -0.3 is 9.84 Å². The number of carbonyl (C=O) groups excluding carboxylic acids is 1. The van der Waals surface area contributed by atoms with Crippen molar-refractivity contribution in [2.75, 3.05) is 0 Å². The molecular formula is C15H22O3. The molecule has 18 heavy (non-hydrogen) atoms. The van der Waals surface area contributed by atoms with Crippen LogP contribution in [0.25, 0.3) is 0 Å². The Hall–Kier alpha value is -0.670. The lowest BCUT2D eigenvalue weighted by atomic mass is 9.49. The van der Waals surface area contributed by atoms with E-state index >= 15 is 0 Å². The molecular weight excluding hydrogens is 228 g/mol. The van der Waals surface area contributed by atoms with E-state index in [1.165, 1.54) is 0 Å². The summed E-state index contributed by atoms with van der Waals surface area (Å²) in [5.41, 5.74) is -0.966. The molecule has 1 N–H and O–H groups in total. The number of rotatable bonds is 1. The molecule has 0 amide bonds. The average Bonchev–Trinajstić information content (AvgIpc) is 2.11. The highest BCUT2D eigenvalue weighted by Crippen LogP contribution is 2.62. The van der Waals surface area contributed by atoms with Gasteiger partial charge in [0.05, 0.1) is 11.7 Å². The standard InChI is InChI=1S/C15H22O3/c1-9-6-5-7-14(4)10-8-15(18-10,13(2,3)17)12(16)11(9)14/h6,10-11,17H,5,7-8H2,1-4H3/t10-,11-,14+,15+/m0/s1. The molecule has 1 saturated carbocycles. The molecule has 0 spiro atoms. The first-order valence-corrected chi connectivity index (χ1v) is 6.83. The maximum atomic E-state index is 12.9. The van der Waals surface area contributed by atoms with Gasteiger partial charge in [-0.25, -0.2) is 0 Å². The number of carbonyl (C=O) groups is 1. The predicted molar refractivity (Wildman–Crippen MR) is 68.1 cm³/mol. The lowest BCUT2D eigenvalue weighted by Crippen LogP contribution is -2.78. The van der Waals surface area contributed by atoms with Gasteiger partial charge in [-0.1, -0.05) is 18.6 Å². The molecule has 4 atom stereocenters. The summed E-state index contributed by atoms with van der Waals surface area (Å²) in [6.45, 7) is 7.59. The maximum Gasteiger partial charge on any atom is 0.175 e.